The summed E-state index contributed by atoms with van der Waals surface area (Å²) in [5.41, 5.74) is 1.45. The first-order valence-corrected chi connectivity index (χ1v) is 11.9. The molecule has 2 heterocycles. The maximum atomic E-state index is 12.6. The number of nitrogens with one attached hydrogen (secondary N) is 1. The van der Waals surface area contributed by atoms with Crippen LogP contribution in [-0.4, -0.2) is 75.9 Å². The summed E-state index contributed by atoms with van der Waals surface area (Å²) in [6.07, 6.45) is 0. The zero-order chi connectivity index (χ0) is 23.2. The van der Waals surface area contributed by atoms with Crippen molar-refractivity contribution in [2.24, 2.45) is 0 Å². The lowest BCUT2D eigenvalue weighted by Gasteiger charge is -2.34. The van der Waals surface area contributed by atoms with Crippen LogP contribution in [0.15, 0.2) is 36.4 Å². The Balaban J connectivity index is 1.27. The molecule has 4 rings (SSSR count). The van der Waals surface area contributed by atoms with Crippen molar-refractivity contribution < 1.29 is 19.0 Å². The van der Waals surface area contributed by atoms with E-state index in [0.29, 0.717) is 30.2 Å². The van der Waals surface area contributed by atoms with Crippen LogP contribution in [-0.2, 0) is 0 Å². The lowest BCUT2D eigenvalue weighted by Crippen LogP contribution is -2.48. The Morgan fingerprint density at radius 2 is 1.91 bits per heavy atom. The normalized spacial score (nSPS) is 14.3. The monoisotopic (exact) mass is 470 g/mol. The molecule has 0 bridgehead atoms. The first kappa shape index (κ1) is 23.1. The van der Waals surface area contributed by atoms with Gasteiger partial charge in [0.2, 0.25) is 0 Å². The average Bonchev–Trinajstić information content (AvgIpc) is 3.29. The van der Waals surface area contributed by atoms with Gasteiger partial charge in [0.15, 0.2) is 5.13 Å². The van der Waals surface area contributed by atoms with Gasteiger partial charge in [0, 0.05) is 45.3 Å². The maximum Gasteiger partial charge on any atom is 0.255 e. The Kier molecular flexibility index (Phi) is 7.51. The number of anilines is 1. The van der Waals surface area contributed by atoms with Crippen LogP contribution < -0.4 is 24.4 Å². The summed E-state index contributed by atoms with van der Waals surface area (Å²) in [6, 6.07) is 11.3. The van der Waals surface area contributed by atoms with Crippen LogP contribution in [0.3, 0.4) is 0 Å². The van der Waals surface area contributed by atoms with Gasteiger partial charge >= 0.3 is 0 Å². The van der Waals surface area contributed by atoms with Crippen molar-refractivity contribution in [2.45, 2.75) is 6.92 Å². The molecule has 1 amide bonds. The number of fused-ring (bicyclic) bond motifs is 1. The van der Waals surface area contributed by atoms with Gasteiger partial charge in [-0.25, -0.2) is 4.98 Å². The van der Waals surface area contributed by atoms with Crippen LogP contribution >= 0.6 is 11.3 Å². The molecule has 1 aromatic heterocycles. The number of benzene rings is 2. The van der Waals surface area contributed by atoms with Crippen molar-refractivity contribution in [3.63, 3.8) is 0 Å². The van der Waals surface area contributed by atoms with Gasteiger partial charge in [-0.3, -0.25) is 9.69 Å². The second kappa shape index (κ2) is 10.7. The lowest BCUT2D eigenvalue weighted by atomic mass is 10.1. The number of thiazole rings is 1. The Bertz CT molecular complexity index is 1100. The van der Waals surface area contributed by atoms with E-state index in [-0.39, 0.29) is 5.91 Å². The predicted octanol–water partition coefficient (Wildman–Crippen LogP) is 3.26. The van der Waals surface area contributed by atoms with Crippen LogP contribution in [0, 0.1) is 0 Å². The molecule has 176 valence electrons. The fourth-order valence-electron chi connectivity index (χ4n) is 3.89. The maximum absolute atomic E-state index is 12.6. The number of hydrogen-bond donors (Lipinski definition) is 1. The Labute approximate surface area is 198 Å². The molecule has 0 aliphatic carbocycles. The molecule has 33 heavy (non-hydrogen) atoms. The second-order valence-electron chi connectivity index (χ2n) is 7.68. The van der Waals surface area contributed by atoms with Crippen molar-refractivity contribution in [3.05, 3.63) is 42.0 Å². The average molecular weight is 471 g/mol. The van der Waals surface area contributed by atoms with Crippen molar-refractivity contribution >= 4 is 32.6 Å². The summed E-state index contributed by atoms with van der Waals surface area (Å²) < 4.78 is 17.4. The number of rotatable bonds is 9. The zero-order valence-electron chi connectivity index (χ0n) is 19.3. The molecule has 8 nitrogen and oxygen atoms in total. The van der Waals surface area contributed by atoms with Gasteiger partial charge in [-0.15, -0.1) is 0 Å². The van der Waals surface area contributed by atoms with Crippen LogP contribution in [0.5, 0.6) is 17.2 Å². The van der Waals surface area contributed by atoms with E-state index in [1.807, 2.05) is 19.1 Å². The van der Waals surface area contributed by atoms with Gasteiger partial charge < -0.3 is 24.4 Å². The van der Waals surface area contributed by atoms with E-state index in [4.69, 9.17) is 19.2 Å². The summed E-state index contributed by atoms with van der Waals surface area (Å²) in [5.74, 6) is 1.86. The van der Waals surface area contributed by atoms with E-state index in [1.54, 1.807) is 43.8 Å². The number of aromatic nitrogens is 1. The quantitative estimate of drug-likeness (QED) is 0.514. The number of piperazine rings is 1. The molecule has 1 fully saturated rings. The molecule has 9 heteroatoms. The molecule has 1 aliphatic rings. The topological polar surface area (TPSA) is 76.2 Å². The van der Waals surface area contributed by atoms with E-state index < -0.39 is 0 Å². The molecule has 0 saturated carbocycles. The third-order valence-electron chi connectivity index (χ3n) is 5.68. The summed E-state index contributed by atoms with van der Waals surface area (Å²) >= 11 is 1.71. The zero-order valence-corrected chi connectivity index (χ0v) is 20.1. The van der Waals surface area contributed by atoms with Crippen molar-refractivity contribution in [2.75, 3.05) is 65.0 Å². The third-order valence-corrected chi connectivity index (χ3v) is 6.76. The molecule has 0 spiro atoms. The number of ether oxygens (including phenoxy) is 3. The first-order chi connectivity index (χ1) is 16.1. The first-order valence-electron chi connectivity index (χ1n) is 11.1. The van der Waals surface area contributed by atoms with Crippen molar-refractivity contribution in [1.82, 2.24) is 15.2 Å². The number of methoxy groups -OCH3 is 2. The standard InChI is InChI=1S/C24H30N4O4S/c1-4-32-19-6-5-7-21-22(19)26-24(33-21)28-14-12-27(13-15-28)11-10-25-23(29)18-9-8-17(30-2)16-20(18)31-3/h5-9,16H,4,10-15H2,1-3H3,(H,25,29). The fraction of sp³-hybridized carbons (Fsp3) is 0.417. The molecule has 1 N–H and O–H groups in total. The molecular formula is C24H30N4O4S. The Hall–Kier alpha value is -3.04. The minimum absolute atomic E-state index is 0.146. The van der Waals surface area contributed by atoms with Gasteiger partial charge in [0.05, 0.1) is 31.1 Å². The number of carbonyl (C=O) groups excluding carboxylic acids is 1. The van der Waals surface area contributed by atoms with E-state index in [9.17, 15) is 4.79 Å². The minimum Gasteiger partial charge on any atom is -0.497 e. The highest BCUT2D eigenvalue weighted by Crippen LogP contribution is 2.34. The molecule has 3 aromatic rings. The highest BCUT2D eigenvalue weighted by Gasteiger charge is 2.21. The molecular weight excluding hydrogens is 440 g/mol. The van der Waals surface area contributed by atoms with Crippen LogP contribution in [0.4, 0.5) is 5.13 Å². The SMILES string of the molecule is CCOc1cccc2sc(N3CCN(CCNC(=O)c4ccc(OC)cc4OC)CC3)nc12. The minimum atomic E-state index is -0.146. The van der Waals surface area contributed by atoms with E-state index >= 15 is 0 Å². The van der Waals surface area contributed by atoms with Gasteiger partial charge in [-0.05, 0) is 31.2 Å². The van der Waals surface area contributed by atoms with E-state index in [1.165, 1.54) is 0 Å². The number of carbonyl (C=O) groups is 1. The number of hydrogen-bond acceptors (Lipinski definition) is 8. The Morgan fingerprint density at radius 3 is 2.64 bits per heavy atom. The highest BCUT2D eigenvalue weighted by molar-refractivity contribution is 7.22. The molecule has 0 unspecified atom stereocenters. The van der Waals surface area contributed by atoms with E-state index in [2.05, 4.69) is 21.2 Å². The van der Waals surface area contributed by atoms with Gasteiger partial charge in [0.1, 0.15) is 22.8 Å². The fourth-order valence-corrected chi connectivity index (χ4v) is 4.93. The highest BCUT2D eigenvalue weighted by atomic mass is 32.1. The summed E-state index contributed by atoms with van der Waals surface area (Å²) in [5, 5.41) is 4.04. The number of nitrogens with zero attached hydrogens (tertiary/aromatic N) is 3. The largest absolute Gasteiger partial charge is 0.497 e. The van der Waals surface area contributed by atoms with Crippen LogP contribution in [0.25, 0.3) is 10.2 Å². The van der Waals surface area contributed by atoms with Crippen LogP contribution in [0.2, 0.25) is 0 Å². The van der Waals surface area contributed by atoms with Gasteiger partial charge in [-0.1, -0.05) is 17.4 Å². The summed E-state index contributed by atoms with van der Waals surface area (Å²) in [7, 11) is 3.14. The molecule has 0 atom stereocenters. The van der Waals surface area contributed by atoms with Crippen molar-refractivity contribution in [3.8, 4) is 17.2 Å². The van der Waals surface area contributed by atoms with E-state index in [0.717, 1.165) is 53.8 Å². The van der Waals surface area contributed by atoms with Gasteiger partial charge in [-0.2, -0.15) is 0 Å². The summed E-state index contributed by atoms with van der Waals surface area (Å²) in [6.45, 7) is 7.66. The molecule has 1 saturated heterocycles. The smallest absolute Gasteiger partial charge is 0.255 e. The van der Waals surface area contributed by atoms with Crippen LogP contribution in [0.1, 0.15) is 17.3 Å². The molecule has 0 radical (unpaired) electrons. The lowest BCUT2D eigenvalue weighted by molar-refractivity contribution is 0.0944. The molecule has 1 aliphatic heterocycles. The second-order valence-corrected chi connectivity index (χ2v) is 8.69. The number of para-hydroxylation sites is 1. The third kappa shape index (κ3) is 5.31. The number of amides is 1. The van der Waals surface area contributed by atoms with Crippen molar-refractivity contribution in [1.29, 1.82) is 0 Å². The predicted molar refractivity (Wildman–Crippen MR) is 131 cm³/mol. The Morgan fingerprint density at radius 1 is 1.09 bits per heavy atom. The summed E-state index contributed by atoms with van der Waals surface area (Å²) in [4.78, 5) is 22.1. The molecule has 2 aromatic carbocycles. The van der Waals surface area contributed by atoms with Gasteiger partial charge in [0.25, 0.3) is 5.91 Å².